The van der Waals surface area contributed by atoms with Crippen LogP contribution in [0.2, 0.25) is 0 Å². The Balaban J connectivity index is 1.40. The summed E-state index contributed by atoms with van der Waals surface area (Å²) >= 11 is 0. The Labute approximate surface area is 222 Å². The molecule has 190 valence electrons. The van der Waals surface area contributed by atoms with Gasteiger partial charge in [-0.3, -0.25) is 9.52 Å². The van der Waals surface area contributed by atoms with Crippen molar-refractivity contribution in [3.63, 3.8) is 0 Å². The number of nitrogens with zero attached hydrogens (tertiary/aromatic N) is 1. The number of rotatable bonds is 6. The van der Waals surface area contributed by atoms with Crippen LogP contribution in [0, 0.1) is 20.8 Å². The molecule has 1 heterocycles. The third-order valence-electron chi connectivity index (χ3n) is 6.34. The van der Waals surface area contributed by atoms with E-state index in [9.17, 15) is 13.2 Å². The minimum atomic E-state index is -3.72. The first-order valence-electron chi connectivity index (χ1n) is 12.2. The minimum Gasteiger partial charge on any atom is -0.322 e. The van der Waals surface area contributed by atoms with Crippen molar-refractivity contribution >= 4 is 38.2 Å². The molecule has 0 bridgehead atoms. The van der Waals surface area contributed by atoms with Crippen LogP contribution in [0.4, 0.5) is 11.4 Å². The van der Waals surface area contributed by atoms with Crippen molar-refractivity contribution in [2.24, 2.45) is 0 Å². The number of fused-ring (bicyclic) bond motifs is 1. The van der Waals surface area contributed by atoms with E-state index in [1.165, 1.54) is 0 Å². The number of hydrogen-bond donors (Lipinski definition) is 2. The lowest BCUT2D eigenvalue weighted by Crippen LogP contribution is -2.14. The first-order valence-corrected chi connectivity index (χ1v) is 13.7. The Morgan fingerprint density at radius 1 is 0.737 bits per heavy atom. The van der Waals surface area contributed by atoms with E-state index in [2.05, 4.69) is 16.1 Å². The highest BCUT2D eigenvalue weighted by molar-refractivity contribution is 7.92. The van der Waals surface area contributed by atoms with Gasteiger partial charge in [-0.05, 0) is 74.9 Å². The van der Waals surface area contributed by atoms with Gasteiger partial charge in [0.15, 0.2) is 0 Å². The molecule has 0 saturated carbocycles. The van der Waals surface area contributed by atoms with Crippen LogP contribution in [-0.4, -0.2) is 19.3 Å². The van der Waals surface area contributed by atoms with Gasteiger partial charge in [-0.2, -0.15) is 0 Å². The molecule has 0 spiro atoms. The second kappa shape index (κ2) is 10.1. The smallest absolute Gasteiger partial charge is 0.261 e. The molecule has 1 aromatic heterocycles. The van der Waals surface area contributed by atoms with Gasteiger partial charge in [-0.15, -0.1) is 0 Å². The number of nitrogens with one attached hydrogen (secondary N) is 2. The molecule has 2 N–H and O–H groups in total. The van der Waals surface area contributed by atoms with Gasteiger partial charge in [0.2, 0.25) is 0 Å². The number of pyridine rings is 1. The lowest BCUT2D eigenvalue weighted by molar-refractivity contribution is 0.102. The first kappa shape index (κ1) is 25.2. The van der Waals surface area contributed by atoms with E-state index >= 15 is 0 Å². The third-order valence-corrected chi connectivity index (χ3v) is 7.74. The van der Waals surface area contributed by atoms with Crippen LogP contribution < -0.4 is 10.0 Å². The van der Waals surface area contributed by atoms with E-state index in [0.29, 0.717) is 16.9 Å². The van der Waals surface area contributed by atoms with Gasteiger partial charge < -0.3 is 5.32 Å². The number of aromatic nitrogens is 1. The number of hydrogen-bond acceptors (Lipinski definition) is 4. The summed E-state index contributed by atoms with van der Waals surface area (Å²) in [6, 6.07) is 28.7. The van der Waals surface area contributed by atoms with Crippen LogP contribution in [0.3, 0.4) is 0 Å². The van der Waals surface area contributed by atoms with Gasteiger partial charge in [0.05, 0.1) is 21.7 Å². The number of carbonyl (C=O) groups is 1. The molecule has 0 radical (unpaired) electrons. The molecular formula is C31H27N3O3S. The average molecular weight is 522 g/mol. The molecule has 5 aromatic rings. The van der Waals surface area contributed by atoms with E-state index in [-0.39, 0.29) is 10.8 Å². The summed E-state index contributed by atoms with van der Waals surface area (Å²) in [4.78, 5) is 18.4. The van der Waals surface area contributed by atoms with Gasteiger partial charge in [0, 0.05) is 22.3 Å². The average Bonchev–Trinajstić information content (AvgIpc) is 2.89. The molecule has 4 aromatic carbocycles. The maximum Gasteiger partial charge on any atom is 0.261 e. The second-order valence-corrected chi connectivity index (χ2v) is 11.0. The number of aryl methyl sites for hydroxylation is 3. The summed E-state index contributed by atoms with van der Waals surface area (Å²) in [6.45, 7) is 5.98. The molecule has 0 aliphatic heterocycles. The van der Waals surface area contributed by atoms with Crippen LogP contribution in [0.25, 0.3) is 22.2 Å². The molecule has 7 heteroatoms. The number of amides is 1. The Bertz CT molecular complexity index is 1760. The van der Waals surface area contributed by atoms with Gasteiger partial charge in [-0.25, -0.2) is 13.4 Å². The molecule has 6 nitrogen and oxygen atoms in total. The molecule has 0 aliphatic carbocycles. The van der Waals surface area contributed by atoms with E-state index in [1.807, 2.05) is 63.2 Å². The maximum absolute atomic E-state index is 13.4. The van der Waals surface area contributed by atoms with Crippen molar-refractivity contribution in [2.75, 3.05) is 10.0 Å². The fourth-order valence-electron chi connectivity index (χ4n) is 4.35. The summed E-state index contributed by atoms with van der Waals surface area (Å²) in [6.07, 6.45) is 0. The number of carbonyl (C=O) groups excluding carboxylic acids is 1. The van der Waals surface area contributed by atoms with Crippen LogP contribution in [0.1, 0.15) is 27.0 Å². The second-order valence-electron chi connectivity index (χ2n) is 9.34. The third kappa shape index (κ3) is 5.28. The largest absolute Gasteiger partial charge is 0.322 e. The molecule has 5 rings (SSSR count). The molecule has 0 unspecified atom stereocenters. The van der Waals surface area contributed by atoms with Crippen molar-refractivity contribution < 1.29 is 13.2 Å². The highest BCUT2D eigenvalue weighted by Gasteiger charge is 2.16. The normalized spacial score (nSPS) is 11.3. The van der Waals surface area contributed by atoms with Gasteiger partial charge >= 0.3 is 0 Å². The zero-order valence-electron chi connectivity index (χ0n) is 21.3. The van der Waals surface area contributed by atoms with Gasteiger partial charge in [0.1, 0.15) is 0 Å². The fraction of sp³-hybridized carbons (Fsp3) is 0.0968. The standard InChI is InChI=1S/C31H27N3O3S/c1-20-8-15-25(16-9-20)38(36,37)34-24-13-11-23(12-14-24)32-31(35)28-19-30(26-17-10-21(2)18-22(26)3)33-29-7-5-4-6-27(28)29/h4-19,34H,1-3H3,(H,32,35). The summed E-state index contributed by atoms with van der Waals surface area (Å²) < 4.78 is 28.0. The van der Waals surface area contributed by atoms with Crippen molar-refractivity contribution in [1.82, 2.24) is 4.98 Å². The fourth-order valence-corrected chi connectivity index (χ4v) is 5.41. The van der Waals surface area contributed by atoms with Crippen molar-refractivity contribution in [3.8, 4) is 11.3 Å². The molecule has 0 atom stereocenters. The Hall–Kier alpha value is -4.49. The summed E-state index contributed by atoms with van der Waals surface area (Å²) in [5, 5.41) is 3.69. The minimum absolute atomic E-state index is 0.185. The molecule has 0 aliphatic rings. The number of benzene rings is 4. The molecule has 38 heavy (non-hydrogen) atoms. The Kier molecular flexibility index (Phi) is 6.70. The SMILES string of the molecule is Cc1ccc(S(=O)(=O)Nc2ccc(NC(=O)c3cc(-c4ccc(C)cc4C)nc4ccccc34)cc2)cc1. The first-order chi connectivity index (χ1) is 18.2. The van der Waals surface area contributed by atoms with E-state index in [4.69, 9.17) is 4.98 Å². The lowest BCUT2D eigenvalue weighted by Gasteiger charge is -2.13. The summed E-state index contributed by atoms with van der Waals surface area (Å²) in [5.74, 6) is -0.275. The highest BCUT2D eigenvalue weighted by atomic mass is 32.2. The van der Waals surface area contributed by atoms with Gasteiger partial charge in [-0.1, -0.05) is 59.7 Å². The molecule has 0 fully saturated rings. The van der Waals surface area contributed by atoms with Crippen LogP contribution in [0.15, 0.2) is 102 Å². The highest BCUT2D eigenvalue weighted by Crippen LogP contribution is 2.28. The number of para-hydroxylation sites is 1. The van der Waals surface area contributed by atoms with Crippen LogP contribution >= 0.6 is 0 Å². The summed E-state index contributed by atoms with van der Waals surface area (Å²) in [5.41, 5.74) is 7.11. The zero-order valence-corrected chi connectivity index (χ0v) is 22.1. The van der Waals surface area contributed by atoms with Crippen LogP contribution in [0.5, 0.6) is 0 Å². The Morgan fingerprint density at radius 3 is 2.11 bits per heavy atom. The monoisotopic (exact) mass is 521 g/mol. The predicted molar refractivity (Wildman–Crippen MR) is 153 cm³/mol. The van der Waals surface area contributed by atoms with Crippen molar-refractivity contribution in [3.05, 3.63) is 119 Å². The quantitative estimate of drug-likeness (QED) is 0.255. The lowest BCUT2D eigenvalue weighted by atomic mass is 9.99. The maximum atomic E-state index is 13.4. The van der Waals surface area contributed by atoms with Crippen molar-refractivity contribution in [2.45, 2.75) is 25.7 Å². The molecular weight excluding hydrogens is 494 g/mol. The number of anilines is 2. The van der Waals surface area contributed by atoms with Crippen molar-refractivity contribution in [1.29, 1.82) is 0 Å². The van der Waals surface area contributed by atoms with E-state index < -0.39 is 10.0 Å². The van der Waals surface area contributed by atoms with E-state index in [0.717, 1.165) is 38.9 Å². The van der Waals surface area contributed by atoms with Crippen LogP contribution in [-0.2, 0) is 10.0 Å². The number of sulfonamides is 1. The van der Waals surface area contributed by atoms with E-state index in [1.54, 1.807) is 48.5 Å². The molecule has 0 saturated heterocycles. The topological polar surface area (TPSA) is 88.2 Å². The molecule has 1 amide bonds. The summed E-state index contributed by atoms with van der Waals surface area (Å²) in [7, 11) is -3.72. The predicted octanol–water partition coefficient (Wildman–Crippen LogP) is 6.88. The van der Waals surface area contributed by atoms with Gasteiger partial charge in [0.25, 0.3) is 15.9 Å². The zero-order chi connectivity index (χ0) is 26.9. The Morgan fingerprint density at radius 2 is 1.39 bits per heavy atom.